The van der Waals surface area contributed by atoms with Crippen LogP contribution in [-0.4, -0.2) is 4.99 Å². The van der Waals surface area contributed by atoms with Crippen molar-refractivity contribution in [1.82, 2.24) is 0 Å². The van der Waals surface area contributed by atoms with Crippen molar-refractivity contribution in [3.05, 3.63) is 58.4 Å². The number of nitrogens with two attached hydrogens (primary N) is 1. The maximum Gasteiger partial charge on any atom is 0.184 e. The van der Waals surface area contributed by atoms with Gasteiger partial charge in [-0.15, -0.1) is 0 Å². The number of rotatable bonds is 3. The van der Waals surface area contributed by atoms with E-state index in [1.165, 1.54) is 12.1 Å². The van der Waals surface area contributed by atoms with E-state index in [0.29, 0.717) is 10.7 Å². The van der Waals surface area contributed by atoms with E-state index in [0.717, 1.165) is 11.1 Å². The lowest BCUT2D eigenvalue weighted by Crippen LogP contribution is -2.10. The van der Waals surface area contributed by atoms with Gasteiger partial charge < -0.3 is 10.5 Å². The van der Waals surface area contributed by atoms with Gasteiger partial charge in [-0.3, -0.25) is 0 Å². The minimum Gasteiger partial charge on any atom is -0.454 e. The van der Waals surface area contributed by atoms with Crippen molar-refractivity contribution >= 4 is 28.8 Å². The number of aryl methyl sites for hydroxylation is 1. The van der Waals surface area contributed by atoms with Crippen LogP contribution in [0, 0.1) is 12.7 Å². The van der Waals surface area contributed by atoms with E-state index in [1.807, 2.05) is 6.92 Å². The minimum absolute atomic E-state index is 0.0222. The summed E-state index contributed by atoms with van der Waals surface area (Å²) in [6, 6.07) is 9.77. The van der Waals surface area contributed by atoms with E-state index in [-0.39, 0.29) is 10.8 Å². The van der Waals surface area contributed by atoms with Gasteiger partial charge in [-0.05, 0) is 42.8 Å². The molecule has 0 heterocycles. The first-order chi connectivity index (χ1) is 8.99. The molecule has 2 N–H and O–H groups in total. The molecule has 0 atom stereocenters. The van der Waals surface area contributed by atoms with Crippen LogP contribution < -0.4 is 10.5 Å². The Morgan fingerprint density at radius 3 is 2.68 bits per heavy atom. The Morgan fingerprint density at radius 1 is 1.32 bits per heavy atom. The van der Waals surface area contributed by atoms with Crippen LogP contribution in [0.3, 0.4) is 0 Å². The number of hydrogen-bond donors (Lipinski definition) is 1. The van der Waals surface area contributed by atoms with E-state index in [1.54, 1.807) is 24.3 Å². The summed E-state index contributed by atoms with van der Waals surface area (Å²) >= 11 is 10.6. The molecular formula is C14H11ClFNOS. The van der Waals surface area contributed by atoms with E-state index in [9.17, 15) is 4.39 Å². The predicted molar refractivity (Wildman–Crippen MR) is 78.6 cm³/mol. The highest BCUT2D eigenvalue weighted by Crippen LogP contribution is 2.29. The van der Waals surface area contributed by atoms with E-state index in [4.69, 9.17) is 34.3 Å². The van der Waals surface area contributed by atoms with Gasteiger partial charge in [0.2, 0.25) is 0 Å². The second-order valence-electron chi connectivity index (χ2n) is 3.99. The molecule has 2 rings (SSSR count). The molecule has 0 saturated heterocycles. The molecule has 2 aromatic carbocycles. The van der Waals surface area contributed by atoms with Crippen molar-refractivity contribution in [3.8, 4) is 11.5 Å². The highest BCUT2D eigenvalue weighted by molar-refractivity contribution is 7.80. The fraction of sp³-hybridized carbons (Fsp3) is 0.0714. The molecule has 0 spiro atoms. The van der Waals surface area contributed by atoms with Crippen LogP contribution in [0.4, 0.5) is 4.39 Å². The van der Waals surface area contributed by atoms with E-state index >= 15 is 0 Å². The third-order valence-electron chi connectivity index (χ3n) is 2.61. The van der Waals surface area contributed by atoms with Gasteiger partial charge in [-0.1, -0.05) is 29.9 Å². The second-order valence-corrected chi connectivity index (χ2v) is 4.84. The Labute approximate surface area is 120 Å². The molecule has 0 aliphatic carbocycles. The maximum absolute atomic E-state index is 13.7. The number of ether oxygens (including phenoxy) is 1. The van der Waals surface area contributed by atoms with Crippen LogP contribution in [-0.2, 0) is 0 Å². The largest absolute Gasteiger partial charge is 0.454 e. The summed E-state index contributed by atoms with van der Waals surface area (Å²) < 4.78 is 19.2. The SMILES string of the molecule is Cc1cc(Oc2cccc(Cl)c2F)ccc1C(N)=S. The highest BCUT2D eigenvalue weighted by Gasteiger charge is 2.09. The van der Waals surface area contributed by atoms with E-state index in [2.05, 4.69) is 0 Å². The Morgan fingerprint density at radius 2 is 2.05 bits per heavy atom. The Bertz CT molecular complexity index is 645. The smallest absolute Gasteiger partial charge is 0.184 e. The molecular weight excluding hydrogens is 285 g/mol. The lowest BCUT2D eigenvalue weighted by molar-refractivity contribution is 0.442. The lowest BCUT2D eigenvalue weighted by atomic mass is 10.1. The summed E-state index contributed by atoms with van der Waals surface area (Å²) in [6.45, 7) is 1.86. The molecule has 0 saturated carbocycles. The standard InChI is InChI=1S/C14H11ClFNOS/c1-8-7-9(5-6-10(8)14(17)19)18-12-4-2-3-11(15)13(12)16/h2-7H,1H3,(H2,17,19). The van der Waals surface area contributed by atoms with Gasteiger partial charge in [0.05, 0.1) is 5.02 Å². The van der Waals surface area contributed by atoms with E-state index < -0.39 is 5.82 Å². The molecule has 19 heavy (non-hydrogen) atoms. The first-order valence-corrected chi connectivity index (χ1v) is 6.30. The predicted octanol–water partition coefficient (Wildman–Crippen LogP) is 4.21. The third kappa shape index (κ3) is 3.03. The summed E-state index contributed by atoms with van der Waals surface area (Å²) in [5, 5.41) is 0.0222. The van der Waals surface area contributed by atoms with Crippen LogP contribution in [0.15, 0.2) is 36.4 Å². The second kappa shape index (κ2) is 5.55. The summed E-state index contributed by atoms with van der Waals surface area (Å²) in [6.07, 6.45) is 0. The molecule has 0 fully saturated rings. The first kappa shape index (κ1) is 13.8. The third-order valence-corrected chi connectivity index (χ3v) is 3.12. The number of thiocarbonyl (C=S) groups is 1. The molecule has 0 aliphatic heterocycles. The quantitative estimate of drug-likeness (QED) is 0.861. The average Bonchev–Trinajstić information content (AvgIpc) is 2.34. The molecule has 0 aromatic heterocycles. The van der Waals surface area contributed by atoms with Crippen LogP contribution in [0.2, 0.25) is 5.02 Å². The molecule has 98 valence electrons. The van der Waals surface area contributed by atoms with Gasteiger partial charge in [0.15, 0.2) is 11.6 Å². The van der Waals surface area contributed by atoms with Gasteiger partial charge >= 0.3 is 0 Å². The molecule has 0 amide bonds. The summed E-state index contributed by atoms with van der Waals surface area (Å²) in [5.74, 6) is -0.00566. The Kier molecular flexibility index (Phi) is 4.02. The van der Waals surface area contributed by atoms with Crippen LogP contribution in [0.1, 0.15) is 11.1 Å². The molecule has 2 aromatic rings. The topological polar surface area (TPSA) is 35.2 Å². The minimum atomic E-state index is -0.583. The van der Waals surface area contributed by atoms with Crippen LogP contribution in [0.25, 0.3) is 0 Å². The van der Waals surface area contributed by atoms with Crippen molar-refractivity contribution < 1.29 is 9.13 Å². The molecule has 0 radical (unpaired) electrons. The number of hydrogen-bond acceptors (Lipinski definition) is 2. The average molecular weight is 296 g/mol. The highest BCUT2D eigenvalue weighted by atomic mass is 35.5. The normalized spacial score (nSPS) is 10.3. The summed E-state index contributed by atoms with van der Waals surface area (Å²) in [7, 11) is 0. The molecule has 2 nitrogen and oxygen atoms in total. The van der Waals surface area contributed by atoms with Crippen molar-refractivity contribution in [3.63, 3.8) is 0 Å². The summed E-state index contributed by atoms with van der Waals surface area (Å²) in [5.41, 5.74) is 7.21. The summed E-state index contributed by atoms with van der Waals surface area (Å²) in [4.78, 5) is 0.318. The van der Waals surface area contributed by atoms with Crippen molar-refractivity contribution in [1.29, 1.82) is 0 Å². The number of halogens is 2. The number of benzene rings is 2. The molecule has 0 bridgehead atoms. The van der Waals surface area contributed by atoms with Gasteiger partial charge in [0.1, 0.15) is 10.7 Å². The molecule has 5 heteroatoms. The van der Waals surface area contributed by atoms with Gasteiger partial charge in [0.25, 0.3) is 0 Å². The van der Waals surface area contributed by atoms with Crippen LogP contribution >= 0.6 is 23.8 Å². The van der Waals surface area contributed by atoms with Gasteiger partial charge in [-0.2, -0.15) is 0 Å². The van der Waals surface area contributed by atoms with Gasteiger partial charge in [-0.25, -0.2) is 4.39 Å². The Balaban J connectivity index is 2.32. The van der Waals surface area contributed by atoms with Crippen molar-refractivity contribution in [2.45, 2.75) is 6.92 Å². The van der Waals surface area contributed by atoms with Gasteiger partial charge in [0, 0.05) is 5.56 Å². The van der Waals surface area contributed by atoms with Crippen molar-refractivity contribution in [2.24, 2.45) is 5.73 Å². The first-order valence-electron chi connectivity index (χ1n) is 5.51. The Hall–Kier alpha value is -1.65. The molecule has 0 aliphatic rings. The monoisotopic (exact) mass is 295 g/mol. The van der Waals surface area contributed by atoms with Crippen molar-refractivity contribution in [2.75, 3.05) is 0 Å². The van der Waals surface area contributed by atoms with Crippen LogP contribution in [0.5, 0.6) is 11.5 Å². The molecule has 0 unspecified atom stereocenters. The maximum atomic E-state index is 13.7. The lowest BCUT2D eigenvalue weighted by Gasteiger charge is -2.10. The zero-order valence-corrected chi connectivity index (χ0v) is 11.7. The zero-order chi connectivity index (χ0) is 14.0. The fourth-order valence-electron chi connectivity index (χ4n) is 1.67. The fourth-order valence-corrected chi connectivity index (χ4v) is 2.06. The zero-order valence-electron chi connectivity index (χ0n) is 10.1.